The van der Waals surface area contributed by atoms with Crippen molar-refractivity contribution in [1.29, 1.82) is 0 Å². The molecule has 3 aromatic carbocycles. The highest BCUT2D eigenvalue weighted by Gasteiger charge is 2.48. The second-order valence-electron chi connectivity index (χ2n) is 21.4. The number of hydrogen-bond donors (Lipinski definition) is 7. The first kappa shape index (κ1) is 63.6. The molecule has 0 aromatic heterocycles. The van der Waals surface area contributed by atoms with Crippen LogP contribution >= 0.6 is 0 Å². The Kier molecular flexibility index (Phi) is 20.1. The number of nitrogens with two attached hydrogens (primary N) is 1. The average molecular weight is 1170 g/mol. The van der Waals surface area contributed by atoms with E-state index < -0.39 is 106 Å². The highest BCUT2D eigenvalue weighted by Crippen LogP contribution is 2.35. The molecular weight excluding hydrogens is 1110 g/mol. The molecule has 8 N–H and O–H groups in total. The lowest BCUT2D eigenvalue weighted by Gasteiger charge is -2.27. The van der Waals surface area contributed by atoms with Crippen LogP contribution < -0.4 is 32.3 Å². The molecule has 6 aliphatic rings. The Labute approximate surface area is 478 Å². The molecule has 0 aliphatic carbocycles. The van der Waals surface area contributed by atoms with Gasteiger partial charge >= 0.3 is 17.9 Å². The Bertz CT molecular complexity index is 3280. The predicted molar refractivity (Wildman–Crippen MR) is 289 cm³/mol. The number of carbonyl (C=O) groups is 15. The number of fused-ring (bicyclic) bond motifs is 3. The molecule has 9 rings (SSSR count). The molecule has 12 amide bonds. The van der Waals surface area contributed by atoms with Gasteiger partial charge in [-0.2, -0.15) is 0 Å². The van der Waals surface area contributed by atoms with Gasteiger partial charge in [-0.25, -0.2) is 4.39 Å². The second-order valence-corrected chi connectivity index (χ2v) is 21.4. The fourth-order valence-electron chi connectivity index (χ4n) is 9.30. The molecule has 3 fully saturated rings. The van der Waals surface area contributed by atoms with Gasteiger partial charge in [0.25, 0.3) is 35.4 Å². The Hall–Kier alpha value is -9.60. The number of nitrogens with one attached hydrogen (secondary N) is 5. The van der Waals surface area contributed by atoms with Crippen molar-refractivity contribution in [3.63, 3.8) is 0 Å². The minimum Gasteiger partial charge on any atom is -0.481 e. The van der Waals surface area contributed by atoms with Crippen LogP contribution in [0.1, 0.15) is 161 Å². The summed E-state index contributed by atoms with van der Waals surface area (Å²) in [7, 11) is 0. The van der Waals surface area contributed by atoms with E-state index in [2.05, 4.69) is 26.6 Å². The number of rotatable bonds is 13. The molecule has 6 aliphatic heterocycles. The molecule has 6 heterocycles. The molecule has 0 spiro atoms. The zero-order valence-electron chi connectivity index (χ0n) is 46.6. The van der Waals surface area contributed by atoms with E-state index in [4.69, 9.17) is 20.3 Å². The topological polar surface area (TPSA) is 391 Å². The van der Waals surface area contributed by atoms with Crippen molar-refractivity contribution >= 4 is 100 Å². The normalized spacial score (nSPS) is 19.0. The van der Waals surface area contributed by atoms with Crippen molar-refractivity contribution in [2.45, 2.75) is 129 Å². The zero-order chi connectivity index (χ0) is 62.1. The summed E-state index contributed by atoms with van der Waals surface area (Å²) >= 11 is 0. The molecule has 446 valence electrons. The minimum absolute atomic E-state index is 0.0340. The molecule has 3 unspecified atom stereocenters. The van der Waals surface area contributed by atoms with Gasteiger partial charge in [-0.1, -0.05) is 18.2 Å². The molecule has 3 atom stereocenters. The van der Waals surface area contributed by atoms with Crippen LogP contribution in [-0.2, 0) is 52.6 Å². The quantitative estimate of drug-likeness (QED) is 0.0951. The lowest BCUT2D eigenvalue weighted by Crippen LogP contribution is -2.54. The summed E-state index contributed by atoms with van der Waals surface area (Å²) in [4.78, 5) is 181. The summed E-state index contributed by atoms with van der Waals surface area (Å²) < 4.78 is 23.9. The maximum Gasteiger partial charge on any atom is 0.308 e. The number of nitrogens with zero attached hydrogens (tertiary/aromatic N) is 3. The average Bonchev–Trinajstić information content (AvgIpc) is 2.36. The molecule has 27 nitrogen and oxygen atoms in total. The number of carboxylic acids is 1. The van der Waals surface area contributed by atoms with Gasteiger partial charge in [0, 0.05) is 50.3 Å². The number of piperidine rings is 3. The number of benzene rings is 3. The van der Waals surface area contributed by atoms with Gasteiger partial charge in [0.15, 0.2) is 0 Å². The summed E-state index contributed by atoms with van der Waals surface area (Å²) in [5.74, 6) is -9.70. The molecule has 3 saturated heterocycles. The van der Waals surface area contributed by atoms with Crippen LogP contribution in [0.25, 0.3) is 0 Å². The number of imide groups is 6. The van der Waals surface area contributed by atoms with Crippen molar-refractivity contribution in [2.75, 3.05) is 30.3 Å². The zero-order valence-corrected chi connectivity index (χ0v) is 46.6. The predicted octanol–water partition coefficient (Wildman–Crippen LogP) is 2.11. The van der Waals surface area contributed by atoms with E-state index in [1.807, 2.05) is 20.8 Å². The number of esters is 2. The van der Waals surface area contributed by atoms with Gasteiger partial charge in [0.1, 0.15) is 35.1 Å². The van der Waals surface area contributed by atoms with E-state index in [0.29, 0.717) is 24.3 Å². The van der Waals surface area contributed by atoms with Crippen LogP contribution in [0.5, 0.6) is 0 Å². The number of aliphatic carboxylic acids is 1. The summed E-state index contributed by atoms with van der Waals surface area (Å²) in [5, 5.41) is 20.9. The Balaban J connectivity index is 0.000000189. The van der Waals surface area contributed by atoms with Gasteiger partial charge in [-0.15, -0.1) is 0 Å². The van der Waals surface area contributed by atoms with Crippen LogP contribution in [0.15, 0.2) is 54.6 Å². The third-order valence-electron chi connectivity index (χ3n) is 12.8. The second kappa shape index (κ2) is 26.5. The smallest absolute Gasteiger partial charge is 0.308 e. The maximum absolute atomic E-state index is 13.7. The maximum atomic E-state index is 13.7. The van der Waals surface area contributed by atoms with Gasteiger partial charge in [-0.05, 0) is 97.2 Å². The monoisotopic (exact) mass is 1170 g/mol. The Morgan fingerprint density at radius 1 is 0.524 bits per heavy atom. The first-order chi connectivity index (χ1) is 39.4. The molecule has 0 saturated carbocycles. The number of hydrogen-bond acceptors (Lipinski definition) is 20. The third kappa shape index (κ3) is 15.1. The molecule has 3 aromatic rings. The van der Waals surface area contributed by atoms with E-state index in [1.54, 1.807) is 45.0 Å². The fourth-order valence-corrected chi connectivity index (χ4v) is 9.30. The molecule has 28 heteroatoms. The lowest BCUT2D eigenvalue weighted by molar-refractivity contribution is -0.155. The molecule has 0 radical (unpaired) electrons. The van der Waals surface area contributed by atoms with E-state index in [-0.39, 0.29) is 115 Å². The summed E-state index contributed by atoms with van der Waals surface area (Å²) in [6, 6.07) is 10.0. The van der Waals surface area contributed by atoms with Gasteiger partial charge in [-0.3, -0.25) is 103 Å². The molecule has 0 bridgehead atoms. The summed E-state index contributed by atoms with van der Waals surface area (Å²) in [6.07, 6.45) is 0.609. The standard InChI is InChI=1S/C20H23N3O6.C16H15N3O6.C13H9FN2O4.C7H15NO2/c1-20(2,3)29-15(25)9-10-21-12-6-4-5-11-16(12)19(28)23(18(11)27)13-7-8-14(24)22-17(13)26;20-11-5-4-10(14(23)18-11)19-15(24)8-2-1-3-9(13(8)16(19)25)17-7-6-12(21)22;14-7-3-1-2-6-10(7)13(20)16(12(6)19)8-4-5-9(17)15-11(8)18;1-7(2,3)10-6(9)4-5-8/h4-6,13,21H,7-10H2,1-3H3,(H,22,24,26);1-3,10,17H,4-7H2,(H,21,22)(H,18,20,23);1-3,8H,4-5H2,(H,15,17,18);4-5,8H2,1-3H3. The lowest BCUT2D eigenvalue weighted by atomic mass is 10.0. The summed E-state index contributed by atoms with van der Waals surface area (Å²) in [5.41, 5.74) is 5.15. The first-order valence-corrected chi connectivity index (χ1v) is 26.5. The van der Waals surface area contributed by atoms with Crippen molar-refractivity contribution in [1.82, 2.24) is 30.7 Å². The highest BCUT2D eigenvalue weighted by molar-refractivity contribution is 6.27. The Morgan fingerprint density at radius 2 is 0.857 bits per heavy atom. The fraction of sp³-hybridized carbons (Fsp3) is 0.411. The first-order valence-electron chi connectivity index (χ1n) is 26.5. The van der Waals surface area contributed by atoms with Crippen molar-refractivity contribution in [3.05, 3.63) is 93.8 Å². The van der Waals surface area contributed by atoms with Crippen molar-refractivity contribution in [3.8, 4) is 0 Å². The number of carbonyl (C=O) groups excluding carboxylic acids is 14. The Morgan fingerprint density at radius 3 is 1.19 bits per heavy atom. The number of amides is 12. The van der Waals surface area contributed by atoms with E-state index >= 15 is 0 Å². The molecule has 84 heavy (non-hydrogen) atoms. The van der Waals surface area contributed by atoms with Gasteiger partial charge in [0.05, 0.1) is 52.6 Å². The van der Waals surface area contributed by atoms with Crippen LogP contribution in [0.4, 0.5) is 15.8 Å². The largest absolute Gasteiger partial charge is 0.481 e. The van der Waals surface area contributed by atoms with E-state index in [9.17, 15) is 76.3 Å². The van der Waals surface area contributed by atoms with Crippen LogP contribution in [0, 0.1) is 5.82 Å². The van der Waals surface area contributed by atoms with Crippen LogP contribution in [0.3, 0.4) is 0 Å². The SMILES string of the molecule is CC(C)(C)OC(=O)CCN.CC(C)(C)OC(=O)CCNc1cccc2c1C(=O)N(C1CCC(=O)NC1=O)C2=O.O=C(O)CCNc1cccc2c1C(=O)N(C1CCC(=O)NC1=O)C2=O.O=C1CCC(N2C(=O)c3cccc(F)c3C2=O)C(=O)N1. The minimum atomic E-state index is -1.07. The van der Waals surface area contributed by atoms with Gasteiger partial charge in [0.2, 0.25) is 35.4 Å². The number of carboxylic acid groups (broad SMARTS) is 1. The van der Waals surface area contributed by atoms with Crippen LogP contribution in [-0.4, -0.2) is 158 Å². The summed E-state index contributed by atoms with van der Waals surface area (Å²) in [6.45, 7) is 11.5. The number of ether oxygens (including phenoxy) is 2. The van der Waals surface area contributed by atoms with Crippen LogP contribution in [0.2, 0.25) is 0 Å². The number of halogens is 1. The van der Waals surface area contributed by atoms with E-state index in [0.717, 1.165) is 20.8 Å². The van der Waals surface area contributed by atoms with Crippen molar-refractivity contribution in [2.24, 2.45) is 5.73 Å². The number of anilines is 2. The highest BCUT2D eigenvalue weighted by atomic mass is 19.1. The van der Waals surface area contributed by atoms with E-state index in [1.165, 1.54) is 24.3 Å². The van der Waals surface area contributed by atoms with Gasteiger partial charge < -0.3 is 30.9 Å². The third-order valence-corrected chi connectivity index (χ3v) is 12.8. The molecular formula is C56H62FN9O18. The van der Waals surface area contributed by atoms with Crippen molar-refractivity contribution < 1.29 is 90.9 Å².